The lowest BCUT2D eigenvalue weighted by Gasteiger charge is -2.42. The molecule has 0 atom stereocenters. The van der Waals surface area contributed by atoms with Crippen LogP contribution in [0.25, 0.3) is 11.1 Å². The van der Waals surface area contributed by atoms with Gasteiger partial charge in [-0.05, 0) is 67.6 Å². The molecule has 2 saturated heterocycles. The number of rotatable bonds is 3. The summed E-state index contributed by atoms with van der Waals surface area (Å²) >= 11 is 0. The number of halogens is 1. The van der Waals surface area contributed by atoms with Crippen LogP contribution in [-0.2, 0) is 11.3 Å². The van der Waals surface area contributed by atoms with E-state index in [4.69, 9.17) is 0 Å². The number of nitrogens with one attached hydrogen (secondary N) is 1. The second-order valence-corrected chi connectivity index (χ2v) is 7.62. The molecule has 0 saturated carbocycles. The molecule has 0 radical (unpaired) electrons. The van der Waals surface area contributed by atoms with Gasteiger partial charge >= 0.3 is 0 Å². The van der Waals surface area contributed by atoms with Gasteiger partial charge in [-0.1, -0.05) is 36.4 Å². The third-order valence-electron chi connectivity index (χ3n) is 5.93. The number of piperidine rings is 2. The standard InChI is InChI=1S/C22H25FN2O/c23-20-4-1-3-19(15-20)18-7-5-17(6-8-18)16-25-13-10-22(11-14-25)9-2-12-24-21(22)26/h1,3-8,15H,2,9-14,16H2,(H,24,26). The molecule has 4 heteroatoms. The maximum atomic E-state index is 13.4. The lowest BCUT2D eigenvalue weighted by atomic mass is 9.72. The normalized spacial score (nSPS) is 20.1. The fraction of sp³-hybridized carbons (Fsp3) is 0.409. The molecule has 0 bridgehead atoms. The maximum Gasteiger partial charge on any atom is 0.226 e. The quantitative estimate of drug-likeness (QED) is 0.906. The highest BCUT2D eigenvalue weighted by Crippen LogP contribution is 2.38. The van der Waals surface area contributed by atoms with Crippen LogP contribution in [0.5, 0.6) is 0 Å². The summed E-state index contributed by atoms with van der Waals surface area (Å²) in [6, 6.07) is 15.1. The first-order valence-corrected chi connectivity index (χ1v) is 9.50. The molecular formula is C22H25FN2O. The van der Waals surface area contributed by atoms with Gasteiger partial charge < -0.3 is 5.32 Å². The summed E-state index contributed by atoms with van der Waals surface area (Å²) in [7, 11) is 0. The van der Waals surface area contributed by atoms with Crippen molar-refractivity contribution in [1.29, 1.82) is 0 Å². The van der Waals surface area contributed by atoms with Crippen molar-refractivity contribution in [3.63, 3.8) is 0 Å². The van der Waals surface area contributed by atoms with Crippen molar-refractivity contribution in [1.82, 2.24) is 10.2 Å². The molecular weight excluding hydrogens is 327 g/mol. The number of amides is 1. The zero-order valence-electron chi connectivity index (χ0n) is 15.0. The van der Waals surface area contributed by atoms with Crippen LogP contribution in [0.4, 0.5) is 4.39 Å². The first kappa shape index (κ1) is 17.2. The molecule has 2 heterocycles. The minimum Gasteiger partial charge on any atom is -0.356 e. The van der Waals surface area contributed by atoms with E-state index in [2.05, 4.69) is 34.5 Å². The van der Waals surface area contributed by atoms with Crippen molar-refractivity contribution < 1.29 is 9.18 Å². The summed E-state index contributed by atoms with van der Waals surface area (Å²) in [5.41, 5.74) is 3.08. The van der Waals surface area contributed by atoms with Gasteiger partial charge in [0.2, 0.25) is 5.91 Å². The van der Waals surface area contributed by atoms with E-state index in [0.717, 1.165) is 63.0 Å². The number of nitrogens with zero attached hydrogens (tertiary/aromatic N) is 1. The van der Waals surface area contributed by atoms with Gasteiger partial charge in [-0.25, -0.2) is 4.39 Å². The van der Waals surface area contributed by atoms with Crippen LogP contribution in [0, 0.1) is 11.2 Å². The van der Waals surface area contributed by atoms with Crippen LogP contribution < -0.4 is 5.32 Å². The SMILES string of the molecule is O=C1NCCCC12CCN(Cc1ccc(-c3cccc(F)c3)cc1)CC2. The average molecular weight is 352 g/mol. The van der Waals surface area contributed by atoms with Gasteiger partial charge in [0.1, 0.15) is 5.82 Å². The van der Waals surface area contributed by atoms with Crippen molar-refractivity contribution in [2.24, 2.45) is 5.41 Å². The van der Waals surface area contributed by atoms with E-state index >= 15 is 0 Å². The summed E-state index contributed by atoms with van der Waals surface area (Å²) in [6.45, 7) is 3.68. The van der Waals surface area contributed by atoms with Gasteiger partial charge in [0.15, 0.2) is 0 Å². The molecule has 4 rings (SSSR count). The van der Waals surface area contributed by atoms with E-state index in [0.29, 0.717) is 0 Å². The minimum atomic E-state index is -0.208. The summed E-state index contributed by atoms with van der Waals surface area (Å²) < 4.78 is 13.4. The monoisotopic (exact) mass is 352 g/mol. The lowest BCUT2D eigenvalue weighted by Crippen LogP contribution is -2.51. The Hall–Kier alpha value is -2.20. The Kier molecular flexibility index (Phi) is 4.77. The molecule has 136 valence electrons. The van der Waals surface area contributed by atoms with Crippen LogP contribution in [0.15, 0.2) is 48.5 Å². The number of hydrogen-bond donors (Lipinski definition) is 1. The molecule has 2 fully saturated rings. The highest BCUT2D eigenvalue weighted by Gasteiger charge is 2.42. The maximum absolute atomic E-state index is 13.4. The van der Waals surface area contributed by atoms with Crippen molar-refractivity contribution in [3.05, 3.63) is 59.9 Å². The fourth-order valence-corrected chi connectivity index (χ4v) is 4.27. The number of carbonyl (C=O) groups excluding carboxylic acids is 1. The Morgan fingerprint density at radius 2 is 1.77 bits per heavy atom. The van der Waals surface area contributed by atoms with Crippen molar-refractivity contribution in [2.75, 3.05) is 19.6 Å². The average Bonchev–Trinajstić information content (AvgIpc) is 2.67. The largest absolute Gasteiger partial charge is 0.356 e. The van der Waals surface area contributed by atoms with Gasteiger partial charge in [0.25, 0.3) is 0 Å². The Bertz CT molecular complexity index is 779. The predicted molar refractivity (Wildman–Crippen MR) is 101 cm³/mol. The van der Waals surface area contributed by atoms with Crippen LogP contribution in [0.2, 0.25) is 0 Å². The molecule has 1 spiro atoms. The smallest absolute Gasteiger partial charge is 0.226 e. The van der Waals surface area contributed by atoms with Gasteiger partial charge in [-0.2, -0.15) is 0 Å². The summed E-state index contributed by atoms with van der Waals surface area (Å²) in [6.07, 6.45) is 4.06. The van der Waals surface area contributed by atoms with Gasteiger partial charge in [-0.15, -0.1) is 0 Å². The highest BCUT2D eigenvalue weighted by atomic mass is 19.1. The fourth-order valence-electron chi connectivity index (χ4n) is 4.27. The second kappa shape index (κ2) is 7.20. The zero-order valence-corrected chi connectivity index (χ0v) is 15.0. The van der Waals surface area contributed by atoms with Gasteiger partial charge in [0.05, 0.1) is 5.41 Å². The van der Waals surface area contributed by atoms with Crippen molar-refractivity contribution in [3.8, 4) is 11.1 Å². The van der Waals surface area contributed by atoms with E-state index in [9.17, 15) is 9.18 Å². The molecule has 1 amide bonds. The molecule has 0 aromatic heterocycles. The van der Waals surface area contributed by atoms with Gasteiger partial charge in [-0.3, -0.25) is 9.69 Å². The van der Waals surface area contributed by atoms with E-state index in [1.165, 1.54) is 11.6 Å². The Morgan fingerprint density at radius 1 is 1.00 bits per heavy atom. The predicted octanol–water partition coefficient (Wildman–Crippen LogP) is 3.98. The number of likely N-dealkylation sites (tertiary alicyclic amines) is 1. The molecule has 2 aromatic rings. The second-order valence-electron chi connectivity index (χ2n) is 7.62. The molecule has 1 N–H and O–H groups in total. The molecule has 0 unspecified atom stereocenters. The van der Waals surface area contributed by atoms with Crippen LogP contribution >= 0.6 is 0 Å². The van der Waals surface area contributed by atoms with E-state index < -0.39 is 0 Å². The Balaban J connectivity index is 1.37. The van der Waals surface area contributed by atoms with E-state index in [-0.39, 0.29) is 17.1 Å². The third-order valence-corrected chi connectivity index (χ3v) is 5.93. The van der Waals surface area contributed by atoms with Crippen LogP contribution in [-0.4, -0.2) is 30.4 Å². The third kappa shape index (κ3) is 3.51. The minimum absolute atomic E-state index is 0.115. The summed E-state index contributed by atoms with van der Waals surface area (Å²) in [4.78, 5) is 14.7. The Labute approximate surface area is 154 Å². The summed E-state index contributed by atoms with van der Waals surface area (Å²) in [5, 5.41) is 3.05. The first-order valence-electron chi connectivity index (χ1n) is 9.50. The molecule has 3 nitrogen and oxygen atoms in total. The molecule has 2 aliphatic rings. The number of carbonyl (C=O) groups is 1. The first-order chi connectivity index (χ1) is 12.6. The van der Waals surface area contributed by atoms with Crippen molar-refractivity contribution in [2.45, 2.75) is 32.2 Å². The lowest BCUT2D eigenvalue weighted by molar-refractivity contribution is -0.136. The summed E-state index contributed by atoms with van der Waals surface area (Å²) in [5.74, 6) is 0.0587. The topological polar surface area (TPSA) is 32.3 Å². The molecule has 0 aliphatic carbocycles. The number of hydrogen-bond acceptors (Lipinski definition) is 2. The van der Waals surface area contributed by atoms with Crippen LogP contribution in [0.1, 0.15) is 31.2 Å². The Morgan fingerprint density at radius 3 is 2.46 bits per heavy atom. The molecule has 2 aromatic carbocycles. The zero-order chi connectivity index (χ0) is 18.0. The number of benzene rings is 2. The van der Waals surface area contributed by atoms with E-state index in [1.807, 2.05) is 6.07 Å². The van der Waals surface area contributed by atoms with Crippen molar-refractivity contribution >= 4 is 5.91 Å². The highest BCUT2D eigenvalue weighted by molar-refractivity contribution is 5.83. The van der Waals surface area contributed by atoms with Gasteiger partial charge in [0, 0.05) is 13.1 Å². The molecule has 2 aliphatic heterocycles. The van der Waals surface area contributed by atoms with E-state index in [1.54, 1.807) is 12.1 Å². The van der Waals surface area contributed by atoms with Crippen LogP contribution in [0.3, 0.4) is 0 Å². The molecule has 26 heavy (non-hydrogen) atoms.